The Balaban J connectivity index is 1.43. The third kappa shape index (κ3) is 6.15. The largest absolute Gasteiger partial charge is 0.482 e. The summed E-state index contributed by atoms with van der Waals surface area (Å²) in [5.74, 6) is -0.422. The van der Waals surface area contributed by atoms with Crippen LogP contribution >= 0.6 is 0 Å². The first-order valence-electron chi connectivity index (χ1n) is 10.2. The standard InChI is InChI=1S/C23H25F3N2O4/c1-16-6-7-17(2)20(12-16)31-15-22(30)32-14-21(29)28-10-8-27(9-11-28)19-5-3-4-18(13-19)23(24,25)26/h3-7,12-13H,8-11,14-15H2,1-2H3. The molecule has 9 heteroatoms. The lowest BCUT2D eigenvalue weighted by molar-refractivity contribution is -0.153. The molecule has 0 aromatic heterocycles. The second-order valence-electron chi connectivity index (χ2n) is 7.63. The third-order valence-electron chi connectivity index (χ3n) is 5.22. The molecule has 1 fully saturated rings. The van der Waals surface area contributed by atoms with E-state index in [9.17, 15) is 22.8 Å². The maximum Gasteiger partial charge on any atom is 0.416 e. The fraction of sp³-hybridized carbons (Fsp3) is 0.391. The van der Waals surface area contributed by atoms with Gasteiger partial charge in [-0.25, -0.2) is 4.79 Å². The molecule has 0 N–H and O–H groups in total. The lowest BCUT2D eigenvalue weighted by atomic mass is 10.1. The quantitative estimate of drug-likeness (QED) is 0.630. The van der Waals surface area contributed by atoms with Crippen molar-refractivity contribution >= 4 is 17.6 Å². The average molecular weight is 450 g/mol. The van der Waals surface area contributed by atoms with Gasteiger partial charge in [-0.1, -0.05) is 18.2 Å². The van der Waals surface area contributed by atoms with Crippen LogP contribution in [0.5, 0.6) is 5.75 Å². The number of aryl methyl sites for hydroxylation is 2. The molecule has 0 unspecified atom stereocenters. The first kappa shape index (κ1) is 23.4. The number of hydrogen-bond acceptors (Lipinski definition) is 5. The van der Waals surface area contributed by atoms with Crippen molar-refractivity contribution < 1.29 is 32.2 Å². The minimum atomic E-state index is -4.40. The van der Waals surface area contributed by atoms with Gasteiger partial charge in [0.2, 0.25) is 0 Å². The molecule has 6 nitrogen and oxygen atoms in total. The second kappa shape index (κ2) is 9.93. The number of carbonyl (C=O) groups is 2. The Morgan fingerprint density at radius 2 is 1.69 bits per heavy atom. The van der Waals surface area contributed by atoms with E-state index in [-0.39, 0.29) is 12.5 Å². The monoisotopic (exact) mass is 450 g/mol. The summed E-state index contributed by atoms with van der Waals surface area (Å²) < 4.78 is 49.2. The van der Waals surface area contributed by atoms with E-state index in [0.717, 1.165) is 23.3 Å². The van der Waals surface area contributed by atoms with E-state index >= 15 is 0 Å². The van der Waals surface area contributed by atoms with E-state index < -0.39 is 24.3 Å². The molecule has 32 heavy (non-hydrogen) atoms. The topological polar surface area (TPSA) is 59.1 Å². The van der Waals surface area contributed by atoms with E-state index in [1.54, 1.807) is 11.0 Å². The summed E-state index contributed by atoms with van der Waals surface area (Å²) in [6.07, 6.45) is -4.40. The number of anilines is 1. The van der Waals surface area contributed by atoms with Gasteiger partial charge in [0.05, 0.1) is 5.56 Å². The van der Waals surface area contributed by atoms with Gasteiger partial charge in [-0.15, -0.1) is 0 Å². The van der Waals surface area contributed by atoms with Crippen LogP contribution in [0.4, 0.5) is 18.9 Å². The summed E-state index contributed by atoms with van der Waals surface area (Å²) >= 11 is 0. The van der Waals surface area contributed by atoms with Gasteiger partial charge in [0.15, 0.2) is 13.2 Å². The lowest BCUT2D eigenvalue weighted by Gasteiger charge is -2.36. The van der Waals surface area contributed by atoms with Crippen LogP contribution in [0.3, 0.4) is 0 Å². The van der Waals surface area contributed by atoms with E-state index in [2.05, 4.69) is 0 Å². The van der Waals surface area contributed by atoms with E-state index in [0.29, 0.717) is 37.6 Å². The Morgan fingerprint density at radius 1 is 0.969 bits per heavy atom. The predicted octanol–water partition coefficient (Wildman–Crippen LogP) is 3.59. The first-order valence-corrected chi connectivity index (χ1v) is 10.2. The van der Waals surface area contributed by atoms with Gasteiger partial charge < -0.3 is 19.3 Å². The molecule has 1 heterocycles. The van der Waals surface area contributed by atoms with Crippen LogP contribution in [0, 0.1) is 13.8 Å². The maximum atomic E-state index is 12.9. The molecule has 2 aromatic carbocycles. The molecule has 1 aliphatic heterocycles. The number of alkyl halides is 3. The van der Waals surface area contributed by atoms with Crippen LogP contribution in [0.25, 0.3) is 0 Å². The average Bonchev–Trinajstić information content (AvgIpc) is 2.77. The lowest BCUT2D eigenvalue weighted by Crippen LogP contribution is -2.50. The molecule has 0 bridgehead atoms. The zero-order chi connectivity index (χ0) is 23.3. The highest BCUT2D eigenvalue weighted by Gasteiger charge is 2.31. The predicted molar refractivity (Wildman–Crippen MR) is 113 cm³/mol. The summed E-state index contributed by atoms with van der Waals surface area (Å²) in [5, 5.41) is 0. The van der Waals surface area contributed by atoms with Gasteiger partial charge in [-0.3, -0.25) is 4.79 Å². The Bertz CT molecular complexity index is 970. The number of esters is 1. The van der Waals surface area contributed by atoms with Crippen molar-refractivity contribution in [3.05, 3.63) is 59.2 Å². The molecule has 0 atom stereocenters. The summed E-state index contributed by atoms with van der Waals surface area (Å²) in [6.45, 7) is 4.49. The molecule has 172 valence electrons. The number of hydrogen-bond donors (Lipinski definition) is 0. The van der Waals surface area contributed by atoms with Gasteiger partial charge in [0, 0.05) is 31.9 Å². The molecular formula is C23H25F3N2O4. The fourth-order valence-electron chi connectivity index (χ4n) is 3.37. The number of ether oxygens (including phenoxy) is 2. The summed E-state index contributed by atoms with van der Waals surface area (Å²) in [7, 11) is 0. The highest BCUT2D eigenvalue weighted by atomic mass is 19.4. The van der Waals surface area contributed by atoms with Crippen LogP contribution in [0.15, 0.2) is 42.5 Å². The van der Waals surface area contributed by atoms with Gasteiger partial charge in [0.1, 0.15) is 5.75 Å². The smallest absolute Gasteiger partial charge is 0.416 e. The molecule has 0 aliphatic carbocycles. The molecule has 1 amide bonds. The van der Waals surface area contributed by atoms with Crippen molar-refractivity contribution in [3.63, 3.8) is 0 Å². The van der Waals surface area contributed by atoms with Crippen LogP contribution in [-0.2, 0) is 20.5 Å². The minimum Gasteiger partial charge on any atom is -0.482 e. The van der Waals surface area contributed by atoms with E-state index in [4.69, 9.17) is 9.47 Å². The number of carbonyl (C=O) groups excluding carboxylic acids is 2. The molecular weight excluding hydrogens is 425 g/mol. The number of nitrogens with zero attached hydrogens (tertiary/aromatic N) is 2. The zero-order valence-corrected chi connectivity index (χ0v) is 17.9. The van der Waals surface area contributed by atoms with Crippen molar-refractivity contribution in [2.75, 3.05) is 44.3 Å². The SMILES string of the molecule is Cc1ccc(C)c(OCC(=O)OCC(=O)N2CCN(c3cccc(C(F)(F)F)c3)CC2)c1. The Labute approximate surface area is 184 Å². The molecule has 0 spiro atoms. The molecule has 2 aromatic rings. The Morgan fingerprint density at radius 3 is 2.38 bits per heavy atom. The number of benzene rings is 2. The van der Waals surface area contributed by atoms with Gasteiger partial charge in [0.25, 0.3) is 5.91 Å². The Hall–Kier alpha value is -3.23. The zero-order valence-electron chi connectivity index (χ0n) is 17.9. The molecule has 3 rings (SSSR count). The van der Waals surface area contributed by atoms with Crippen LogP contribution in [0.1, 0.15) is 16.7 Å². The first-order chi connectivity index (χ1) is 15.1. The molecule has 1 aliphatic rings. The van der Waals surface area contributed by atoms with Crippen molar-refractivity contribution in [3.8, 4) is 5.75 Å². The van der Waals surface area contributed by atoms with Crippen molar-refractivity contribution in [1.29, 1.82) is 0 Å². The van der Waals surface area contributed by atoms with Crippen molar-refractivity contribution in [2.24, 2.45) is 0 Å². The third-order valence-corrected chi connectivity index (χ3v) is 5.22. The minimum absolute atomic E-state index is 0.305. The van der Waals surface area contributed by atoms with Gasteiger partial charge in [-0.2, -0.15) is 13.2 Å². The number of piperazine rings is 1. The van der Waals surface area contributed by atoms with Gasteiger partial charge in [-0.05, 0) is 49.2 Å². The number of halogens is 3. The fourth-order valence-corrected chi connectivity index (χ4v) is 3.37. The number of rotatable bonds is 6. The van der Waals surface area contributed by atoms with Crippen LogP contribution < -0.4 is 9.64 Å². The van der Waals surface area contributed by atoms with Crippen LogP contribution in [0.2, 0.25) is 0 Å². The molecule has 0 saturated carbocycles. The second-order valence-corrected chi connectivity index (χ2v) is 7.63. The van der Waals surface area contributed by atoms with E-state index in [1.165, 1.54) is 11.0 Å². The Kier molecular flexibility index (Phi) is 7.27. The maximum absolute atomic E-state index is 12.9. The van der Waals surface area contributed by atoms with Gasteiger partial charge >= 0.3 is 12.1 Å². The normalized spacial score (nSPS) is 14.3. The highest BCUT2D eigenvalue weighted by molar-refractivity contribution is 5.81. The van der Waals surface area contributed by atoms with Crippen molar-refractivity contribution in [1.82, 2.24) is 4.90 Å². The summed E-state index contributed by atoms with van der Waals surface area (Å²) in [4.78, 5) is 27.6. The van der Waals surface area contributed by atoms with Crippen molar-refractivity contribution in [2.45, 2.75) is 20.0 Å². The molecule has 0 radical (unpaired) electrons. The van der Waals surface area contributed by atoms with E-state index in [1.807, 2.05) is 32.0 Å². The molecule has 1 saturated heterocycles. The highest BCUT2D eigenvalue weighted by Crippen LogP contribution is 2.31. The number of amides is 1. The summed E-state index contributed by atoms with van der Waals surface area (Å²) in [6, 6.07) is 10.8. The summed E-state index contributed by atoms with van der Waals surface area (Å²) in [5.41, 5.74) is 1.64. The van der Waals surface area contributed by atoms with Crippen LogP contribution in [-0.4, -0.2) is 56.2 Å².